The summed E-state index contributed by atoms with van der Waals surface area (Å²) in [6.45, 7) is 2.63. The normalized spacial score (nSPS) is 18.4. The Hall–Kier alpha value is -0.920. The molecule has 0 spiro atoms. The van der Waals surface area contributed by atoms with E-state index in [1.807, 2.05) is 6.92 Å². The lowest BCUT2D eigenvalue weighted by Crippen LogP contribution is -2.40. The smallest absolute Gasteiger partial charge is 0.308 e. The minimum atomic E-state index is -3.40. The minimum absolute atomic E-state index is 0.179. The van der Waals surface area contributed by atoms with Crippen LogP contribution < -0.4 is 0 Å². The molecule has 0 aromatic carbocycles. The van der Waals surface area contributed by atoms with E-state index in [0.29, 0.717) is 30.1 Å². The Kier molecular flexibility index (Phi) is 4.27. The number of sulfonamides is 1. The van der Waals surface area contributed by atoms with Gasteiger partial charge in [-0.3, -0.25) is 4.79 Å². The summed E-state index contributed by atoms with van der Waals surface area (Å²) < 4.78 is 31.3. The summed E-state index contributed by atoms with van der Waals surface area (Å²) in [5.74, 6) is -0.425. The highest BCUT2D eigenvalue weighted by molar-refractivity contribution is 7.91. The van der Waals surface area contributed by atoms with Crippen molar-refractivity contribution in [2.75, 3.05) is 20.2 Å². The van der Waals surface area contributed by atoms with Crippen LogP contribution in [0.5, 0.6) is 0 Å². The summed E-state index contributed by atoms with van der Waals surface area (Å²) in [6, 6.07) is 3.44. The predicted molar refractivity (Wildman–Crippen MR) is 72.6 cm³/mol. The lowest BCUT2D eigenvalue weighted by Gasteiger charge is -2.29. The fourth-order valence-corrected chi connectivity index (χ4v) is 5.08. The molecule has 0 unspecified atom stereocenters. The number of hydrogen-bond acceptors (Lipinski definition) is 5. The van der Waals surface area contributed by atoms with Gasteiger partial charge in [-0.05, 0) is 31.9 Å². The molecule has 0 aliphatic carbocycles. The molecule has 0 N–H and O–H groups in total. The van der Waals surface area contributed by atoms with Gasteiger partial charge >= 0.3 is 5.97 Å². The standard InChI is InChI=1S/C12H17NO4S2/c1-9-3-4-11(18-9)19(15,16)13-7-5-10(6-8-13)12(14)17-2/h3-4,10H,5-8H2,1-2H3. The summed E-state index contributed by atoms with van der Waals surface area (Å²) in [7, 11) is -2.04. The second-order valence-corrected chi connectivity index (χ2v) is 8.02. The highest BCUT2D eigenvalue weighted by Gasteiger charge is 2.33. The van der Waals surface area contributed by atoms with Crippen molar-refractivity contribution in [3.8, 4) is 0 Å². The molecule has 5 nitrogen and oxygen atoms in total. The van der Waals surface area contributed by atoms with E-state index in [9.17, 15) is 13.2 Å². The number of piperidine rings is 1. The first-order valence-electron chi connectivity index (χ1n) is 6.09. The Morgan fingerprint density at radius 2 is 2.00 bits per heavy atom. The second kappa shape index (κ2) is 5.60. The maximum atomic E-state index is 12.4. The van der Waals surface area contributed by atoms with Crippen LogP contribution in [0.1, 0.15) is 17.7 Å². The minimum Gasteiger partial charge on any atom is -0.469 e. The lowest BCUT2D eigenvalue weighted by molar-refractivity contribution is -0.146. The largest absolute Gasteiger partial charge is 0.469 e. The zero-order chi connectivity index (χ0) is 14.0. The molecule has 0 radical (unpaired) electrons. The molecule has 0 atom stereocenters. The maximum absolute atomic E-state index is 12.4. The van der Waals surface area contributed by atoms with Crippen LogP contribution in [0, 0.1) is 12.8 Å². The summed E-state index contributed by atoms with van der Waals surface area (Å²) >= 11 is 1.28. The summed E-state index contributed by atoms with van der Waals surface area (Å²) in [6.07, 6.45) is 1.05. The summed E-state index contributed by atoms with van der Waals surface area (Å²) in [5.41, 5.74) is 0. The molecule has 2 heterocycles. The second-order valence-electron chi connectivity index (χ2n) is 4.57. The van der Waals surface area contributed by atoms with E-state index in [2.05, 4.69) is 0 Å². The van der Waals surface area contributed by atoms with Crippen LogP contribution in [0.3, 0.4) is 0 Å². The lowest BCUT2D eigenvalue weighted by atomic mass is 9.99. The van der Waals surface area contributed by atoms with Gasteiger partial charge in [-0.1, -0.05) is 0 Å². The van der Waals surface area contributed by atoms with Crippen molar-refractivity contribution in [3.63, 3.8) is 0 Å². The molecule has 1 aromatic rings. The fraction of sp³-hybridized carbons (Fsp3) is 0.583. The first kappa shape index (κ1) is 14.5. The topological polar surface area (TPSA) is 63.7 Å². The van der Waals surface area contributed by atoms with Crippen molar-refractivity contribution < 1.29 is 17.9 Å². The number of methoxy groups -OCH3 is 1. The highest BCUT2D eigenvalue weighted by atomic mass is 32.2. The highest BCUT2D eigenvalue weighted by Crippen LogP contribution is 2.28. The average molecular weight is 303 g/mol. The van der Waals surface area contributed by atoms with E-state index in [1.165, 1.54) is 22.8 Å². The Morgan fingerprint density at radius 1 is 1.37 bits per heavy atom. The van der Waals surface area contributed by atoms with E-state index in [1.54, 1.807) is 12.1 Å². The van der Waals surface area contributed by atoms with Gasteiger partial charge in [0.05, 0.1) is 13.0 Å². The van der Waals surface area contributed by atoms with Crippen LogP contribution >= 0.6 is 11.3 Å². The van der Waals surface area contributed by atoms with Crippen LogP contribution in [0.4, 0.5) is 0 Å². The third-order valence-corrected chi connectivity index (χ3v) is 6.67. The van der Waals surface area contributed by atoms with E-state index in [-0.39, 0.29) is 11.9 Å². The van der Waals surface area contributed by atoms with Crippen LogP contribution in [0.2, 0.25) is 0 Å². The van der Waals surface area contributed by atoms with Crippen LogP contribution in [-0.4, -0.2) is 38.9 Å². The van der Waals surface area contributed by atoms with Crippen LogP contribution in [0.15, 0.2) is 16.3 Å². The molecule has 1 aliphatic heterocycles. The van der Waals surface area contributed by atoms with Crippen molar-refractivity contribution in [2.24, 2.45) is 5.92 Å². The van der Waals surface area contributed by atoms with E-state index in [0.717, 1.165) is 4.88 Å². The molecule has 19 heavy (non-hydrogen) atoms. The molecular formula is C12H17NO4S2. The molecule has 1 fully saturated rings. The molecule has 7 heteroatoms. The van der Waals surface area contributed by atoms with Gasteiger partial charge in [0.1, 0.15) is 4.21 Å². The van der Waals surface area contributed by atoms with Gasteiger partial charge in [-0.2, -0.15) is 4.31 Å². The zero-order valence-electron chi connectivity index (χ0n) is 11.0. The van der Waals surface area contributed by atoms with Gasteiger partial charge in [0.15, 0.2) is 0 Å². The Bertz CT molecular complexity index is 556. The van der Waals surface area contributed by atoms with Gasteiger partial charge in [0.25, 0.3) is 10.0 Å². The number of ether oxygens (including phenoxy) is 1. The summed E-state index contributed by atoms with van der Waals surface area (Å²) in [4.78, 5) is 12.4. The van der Waals surface area contributed by atoms with Crippen molar-refractivity contribution in [3.05, 3.63) is 17.0 Å². The molecule has 0 amide bonds. The molecule has 1 aliphatic rings. The molecule has 1 saturated heterocycles. The molecular weight excluding hydrogens is 286 g/mol. The van der Waals surface area contributed by atoms with Crippen molar-refractivity contribution in [1.82, 2.24) is 4.31 Å². The van der Waals surface area contributed by atoms with E-state index >= 15 is 0 Å². The Morgan fingerprint density at radius 3 is 2.47 bits per heavy atom. The number of aryl methyl sites for hydroxylation is 1. The fourth-order valence-electron chi connectivity index (χ4n) is 2.18. The first-order chi connectivity index (χ1) is 8.95. The van der Waals surface area contributed by atoms with Crippen molar-refractivity contribution in [2.45, 2.75) is 24.0 Å². The molecule has 0 bridgehead atoms. The Labute approximate surface area is 117 Å². The number of hydrogen-bond donors (Lipinski definition) is 0. The summed E-state index contributed by atoms with van der Waals surface area (Å²) in [5, 5.41) is 0. The monoisotopic (exact) mass is 303 g/mol. The SMILES string of the molecule is COC(=O)C1CCN(S(=O)(=O)c2ccc(C)s2)CC1. The number of rotatable bonds is 3. The molecule has 1 aromatic heterocycles. The predicted octanol–water partition coefficient (Wildman–Crippen LogP) is 1.63. The third kappa shape index (κ3) is 2.98. The number of thiophene rings is 1. The van der Waals surface area contributed by atoms with Gasteiger partial charge in [-0.15, -0.1) is 11.3 Å². The van der Waals surface area contributed by atoms with Crippen molar-refractivity contribution >= 4 is 27.3 Å². The quantitative estimate of drug-likeness (QED) is 0.796. The zero-order valence-corrected chi connectivity index (χ0v) is 12.6. The van der Waals surface area contributed by atoms with Gasteiger partial charge in [-0.25, -0.2) is 8.42 Å². The van der Waals surface area contributed by atoms with Crippen LogP contribution in [0.25, 0.3) is 0 Å². The van der Waals surface area contributed by atoms with E-state index in [4.69, 9.17) is 4.74 Å². The van der Waals surface area contributed by atoms with Crippen LogP contribution in [-0.2, 0) is 19.6 Å². The average Bonchev–Trinajstić information content (AvgIpc) is 2.85. The van der Waals surface area contributed by atoms with Gasteiger partial charge < -0.3 is 4.74 Å². The molecule has 106 valence electrons. The first-order valence-corrected chi connectivity index (χ1v) is 8.35. The van der Waals surface area contributed by atoms with E-state index < -0.39 is 10.0 Å². The number of nitrogens with zero attached hydrogens (tertiary/aromatic N) is 1. The number of carbonyl (C=O) groups is 1. The van der Waals surface area contributed by atoms with Gasteiger partial charge in [0, 0.05) is 18.0 Å². The van der Waals surface area contributed by atoms with Crippen molar-refractivity contribution in [1.29, 1.82) is 0 Å². The Balaban J connectivity index is 2.07. The third-order valence-electron chi connectivity index (χ3n) is 3.30. The number of carbonyl (C=O) groups excluding carboxylic acids is 1. The molecule has 0 saturated carbocycles. The maximum Gasteiger partial charge on any atom is 0.308 e. The number of esters is 1. The molecule has 2 rings (SSSR count). The van der Waals surface area contributed by atoms with Gasteiger partial charge in [0.2, 0.25) is 0 Å².